The standard InChI is InChI=1S/C13H26N4OS.HI/c1-4-7-15-12(18)9-16-13(14-2)17-10-5-6-11(8-10)19-3;/h10-11H,4-9H2,1-3H3,(H,15,18)(H2,14,16,17);1H. The van der Waals surface area contributed by atoms with E-state index in [2.05, 4.69) is 27.2 Å². The number of guanidine groups is 1. The van der Waals surface area contributed by atoms with E-state index in [4.69, 9.17) is 0 Å². The van der Waals surface area contributed by atoms with Gasteiger partial charge in [-0.05, 0) is 31.9 Å². The molecule has 5 nitrogen and oxygen atoms in total. The topological polar surface area (TPSA) is 65.5 Å². The molecule has 0 aromatic heterocycles. The SMILES string of the molecule is CCCNC(=O)CNC(=NC)NC1CCC(SC)C1.I. The average molecular weight is 414 g/mol. The molecule has 0 radical (unpaired) electrons. The number of hydrogen-bond donors (Lipinski definition) is 3. The van der Waals surface area contributed by atoms with Gasteiger partial charge in [0.2, 0.25) is 5.91 Å². The van der Waals surface area contributed by atoms with Crippen LogP contribution in [0.25, 0.3) is 0 Å². The number of nitrogens with one attached hydrogen (secondary N) is 3. The molecule has 1 amide bonds. The van der Waals surface area contributed by atoms with Crippen LogP contribution in [0.4, 0.5) is 0 Å². The number of rotatable bonds is 6. The lowest BCUT2D eigenvalue weighted by atomic mass is 10.2. The molecule has 118 valence electrons. The van der Waals surface area contributed by atoms with Crippen LogP contribution in [0.2, 0.25) is 0 Å². The fourth-order valence-corrected chi connectivity index (χ4v) is 2.96. The summed E-state index contributed by atoms with van der Waals surface area (Å²) in [6, 6.07) is 0.474. The third-order valence-corrected chi connectivity index (χ3v) is 4.37. The van der Waals surface area contributed by atoms with Crippen molar-refractivity contribution in [3.63, 3.8) is 0 Å². The van der Waals surface area contributed by atoms with Crippen molar-refractivity contribution in [2.75, 3.05) is 26.4 Å². The molecule has 1 saturated carbocycles. The second-order valence-electron chi connectivity index (χ2n) is 4.79. The van der Waals surface area contributed by atoms with E-state index in [-0.39, 0.29) is 36.4 Å². The highest BCUT2D eigenvalue weighted by atomic mass is 127. The van der Waals surface area contributed by atoms with Gasteiger partial charge < -0.3 is 16.0 Å². The second-order valence-corrected chi connectivity index (χ2v) is 5.93. The Hall–Kier alpha value is -0.180. The largest absolute Gasteiger partial charge is 0.355 e. The van der Waals surface area contributed by atoms with Crippen molar-refractivity contribution in [3.8, 4) is 0 Å². The third kappa shape index (κ3) is 7.56. The molecule has 7 heteroatoms. The molecule has 1 aliphatic carbocycles. The van der Waals surface area contributed by atoms with E-state index in [1.54, 1.807) is 7.05 Å². The molecule has 0 spiro atoms. The van der Waals surface area contributed by atoms with Crippen LogP contribution in [0.1, 0.15) is 32.6 Å². The lowest BCUT2D eigenvalue weighted by molar-refractivity contribution is -0.120. The van der Waals surface area contributed by atoms with Crippen molar-refractivity contribution < 1.29 is 4.79 Å². The van der Waals surface area contributed by atoms with E-state index in [1.165, 1.54) is 19.3 Å². The molecule has 0 saturated heterocycles. The smallest absolute Gasteiger partial charge is 0.239 e. The van der Waals surface area contributed by atoms with Crippen molar-refractivity contribution >= 4 is 47.6 Å². The van der Waals surface area contributed by atoms with Crippen LogP contribution >= 0.6 is 35.7 Å². The maximum absolute atomic E-state index is 11.5. The number of aliphatic imine (C=N–C) groups is 1. The molecule has 1 fully saturated rings. The van der Waals surface area contributed by atoms with E-state index in [1.807, 2.05) is 18.7 Å². The third-order valence-electron chi connectivity index (χ3n) is 3.27. The molecule has 0 aromatic rings. The van der Waals surface area contributed by atoms with Crippen molar-refractivity contribution in [1.29, 1.82) is 0 Å². The molecule has 0 aromatic carbocycles. The molecule has 20 heavy (non-hydrogen) atoms. The summed E-state index contributed by atoms with van der Waals surface area (Å²) < 4.78 is 0. The predicted molar refractivity (Wildman–Crippen MR) is 98.2 cm³/mol. The molecule has 1 rings (SSSR count). The van der Waals surface area contributed by atoms with Gasteiger partial charge in [-0.25, -0.2) is 0 Å². The Morgan fingerprint density at radius 1 is 1.35 bits per heavy atom. The fourth-order valence-electron chi connectivity index (χ4n) is 2.16. The normalized spacial score (nSPS) is 22.1. The minimum Gasteiger partial charge on any atom is -0.355 e. The summed E-state index contributed by atoms with van der Waals surface area (Å²) in [7, 11) is 1.74. The zero-order valence-corrected chi connectivity index (χ0v) is 15.7. The van der Waals surface area contributed by atoms with Gasteiger partial charge in [-0.1, -0.05) is 6.92 Å². The van der Waals surface area contributed by atoms with Gasteiger partial charge in [0.15, 0.2) is 5.96 Å². The molecule has 2 unspecified atom stereocenters. The van der Waals surface area contributed by atoms with Crippen LogP contribution in [-0.2, 0) is 4.79 Å². The number of carbonyl (C=O) groups excluding carboxylic acids is 1. The number of hydrogen-bond acceptors (Lipinski definition) is 3. The van der Waals surface area contributed by atoms with Gasteiger partial charge in [0.25, 0.3) is 0 Å². The summed E-state index contributed by atoms with van der Waals surface area (Å²) in [5.74, 6) is 0.733. The van der Waals surface area contributed by atoms with Gasteiger partial charge in [-0.3, -0.25) is 9.79 Å². The van der Waals surface area contributed by atoms with Crippen molar-refractivity contribution in [3.05, 3.63) is 0 Å². The zero-order valence-electron chi connectivity index (χ0n) is 12.6. The van der Waals surface area contributed by atoms with Crippen molar-refractivity contribution in [2.45, 2.75) is 43.9 Å². The summed E-state index contributed by atoms with van der Waals surface area (Å²) in [6.45, 7) is 3.04. The van der Waals surface area contributed by atoms with Crippen LogP contribution in [0.15, 0.2) is 4.99 Å². The molecule has 0 heterocycles. The van der Waals surface area contributed by atoms with E-state index >= 15 is 0 Å². The summed E-state index contributed by atoms with van der Waals surface area (Å²) in [5, 5.41) is 10.0. The second kappa shape index (κ2) is 11.5. The van der Waals surface area contributed by atoms with E-state index in [9.17, 15) is 4.79 Å². The Kier molecular flexibility index (Phi) is 11.4. The molecule has 0 bridgehead atoms. The summed E-state index contributed by atoms with van der Waals surface area (Å²) in [6.07, 6.45) is 6.72. The van der Waals surface area contributed by atoms with Crippen LogP contribution in [0, 0.1) is 0 Å². The summed E-state index contributed by atoms with van der Waals surface area (Å²) in [4.78, 5) is 15.7. The Balaban J connectivity index is 0.00000361. The van der Waals surface area contributed by atoms with E-state index in [0.29, 0.717) is 6.04 Å². The highest BCUT2D eigenvalue weighted by molar-refractivity contribution is 14.0. The monoisotopic (exact) mass is 414 g/mol. The Morgan fingerprint density at radius 2 is 2.10 bits per heavy atom. The molecule has 1 aliphatic rings. The van der Waals surface area contributed by atoms with Gasteiger partial charge in [0, 0.05) is 24.9 Å². The van der Waals surface area contributed by atoms with Gasteiger partial charge in [0.05, 0.1) is 6.54 Å². The lowest BCUT2D eigenvalue weighted by Crippen LogP contribution is -2.46. The minimum absolute atomic E-state index is 0. The number of amides is 1. The quantitative estimate of drug-likeness (QED) is 0.351. The number of thioether (sulfide) groups is 1. The number of carbonyl (C=O) groups is 1. The van der Waals surface area contributed by atoms with Gasteiger partial charge in [-0.15, -0.1) is 24.0 Å². The highest BCUT2D eigenvalue weighted by Crippen LogP contribution is 2.27. The first kappa shape index (κ1) is 19.8. The molecular weight excluding hydrogens is 387 g/mol. The van der Waals surface area contributed by atoms with E-state index in [0.717, 1.165) is 24.2 Å². The molecular formula is C13H27IN4OS. The number of halogens is 1. The first-order chi connectivity index (χ1) is 9.19. The van der Waals surface area contributed by atoms with Crippen LogP contribution in [-0.4, -0.2) is 49.6 Å². The van der Waals surface area contributed by atoms with Crippen LogP contribution < -0.4 is 16.0 Å². The highest BCUT2D eigenvalue weighted by Gasteiger charge is 2.24. The maximum atomic E-state index is 11.5. The predicted octanol–water partition coefficient (Wildman–Crippen LogP) is 1.58. The number of nitrogens with zero attached hydrogens (tertiary/aromatic N) is 1. The summed E-state index contributed by atoms with van der Waals surface area (Å²) in [5.41, 5.74) is 0. The maximum Gasteiger partial charge on any atom is 0.239 e. The minimum atomic E-state index is 0. The van der Waals surface area contributed by atoms with Crippen molar-refractivity contribution in [2.24, 2.45) is 4.99 Å². The van der Waals surface area contributed by atoms with Gasteiger partial charge in [0.1, 0.15) is 0 Å². The Labute approximate surface area is 143 Å². The Morgan fingerprint density at radius 3 is 2.65 bits per heavy atom. The van der Waals surface area contributed by atoms with E-state index < -0.39 is 0 Å². The van der Waals surface area contributed by atoms with Gasteiger partial charge in [-0.2, -0.15) is 11.8 Å². The zero-order chi connectivity index (χ0) is 14.1. The summed E-state index contributed by atoms with van der Waals surface area (Å²) >= 11 is 1.93. The Bertz CT molecular complexity index is 315. The van der Waals surface area contributed by atoms with Crippen LogP contribution in [0.5, 0.6) is 0 Å². The van der Waals surface area contributed by atoms with Crippen molar-refractivity contribution in [1.82, 2.24) is 16.0 Å². The molecule has 0 aliphatic heterocycles. The lowest BCUT2D eigenvalue weighted by Gasteiger charge is -2.17. The van der Waals surface area contributed by atoms with Gasteiger partial charge >= 0.3 is 0 Å². The van der Waals surface area contributed by atoms with Crippen LogP contribution in [0.3, 0.4) is 0 Å². The average Bonchev–Trinajstić information content (AvgIpc) is 2.88. The first-order valence-corrected chi connectivity index (χ1v) is 8.25. The molecule has 2 atom stereocenters. The molecule has 3 N–H and O–H groups in total. The fraction of sp³-hybridized carbons (Fsp3) is 0.846. The first-order valence-electron chi connectivity index (χ1n) is 6.96.